The van der Waals surface area contributed by atoms with E-state index in [2.05, 4.69) is 19.9 Å². The third kappa shape index (κ3) is 3.83. The molecule has 2 aromatic heterocycles. The standard InChI is InChI=1S/C10H15N5O2S2/c11-6-8-3-4-10(18-8)19(16,17)14-5-1-2-9-12-7-13-15-9/h3-4,7,14H,1-2,5-6,11H2,(H,12,13,15). The van der Waals surface area contributed by atoms with E-state index < -0.39 is 10.0 Å². The quantitative estimate of drug-likeness (QED) is 0.634. The Bertz CT molecular complexity index is 606. The lowest BCUT2D eigenvalue weighted by Crippen LogP contribution is -2.24. The van der Waals surface area contributed by atoms with E-state index in [0.29, 0.717) is 30.1 Å². The molecule has 0 aliphatic heterocycles. The molecule has 19 heavy (non-hydrogen) atoms. The van der Waals surface area contributed by atoms with E-state index in [4.69, 9.17) is 5.73 Å². The molecule has 0 saturated heterocycles. The summed E-state index contributed by atoms with van der Waals surface area (Å²) in [6.07, 6.45) is 2.74. The van der Waals surface area contributed by atoms with E-state index in [9.17, 15) is 8.42 Å². The molecule has 2 rings (SSSR count). The van der Waals surface area contributed by atoms with Gasteiger partial charge in [0.25, 0.3) is 0 Å². The summed E-state index contributed by atoms with van der Waals surface area (Å²) in [5.41, 5.74) is 5.46. The Kier molecular flexibility index (Phi) is 4.64. The number of hydrogen-bond donors (Lipinski definition) is 3. The first-order valence-electron chi connectivity index (χ1n) is 5.74. The molecule has 0 aliphatic rings. The molecular formula is C10H15N5O2S2. The van der Waals surface area contributed by atoms with Crippen LogP contribution in [0.25, 0.3) is 0 Å². The summed E-state index contributed by atoms with van der Waals surface area (Å²) in [6.45, 7) is 0.713. The van der Waals surface area contributed by atoms with Crippen LogP contribution in [0.4, 0.5) is 0 Å². The number of sulfonamides is 1. The molecule has 2 aromatic rings. The van der Waals surface area contributed by atoms with E-state index in [1.54, 1.807) is 12.1 Å². The summed E-state index contributed by atoms with van der Waals surface area (Å²) in [6, 6.07) is 3.30. The Hall–Kier alpha value is -1.29. The van der Waals surface area contributed by atoms with Gasteiger partial charge in [-0.3, -0.25) is 5.10 Å². The number of thiophene rings is 1. The minimum absolute atomic E-state index is 0.299. The maximum Gasteiger partial charge on any atom is 0.250 e. The molecule has 0 aromatic carbocycles. The Morgan fingerprint density at radius 3 is 2.89 bits per heavy atom. The zero-order chi connectivity index (χ0) is 13.7. The van der Waals surface area contributed by atoms with Crippen molar-refractivity contribution in [2.45, 2.75) is 23.6 Å². The van der Waals surface area contributed by atoms with Gasteiger partial charge in [-0.25, -0.2) is 18.1 Å². The van der Waals surface area contributed by atoms with Crippen molar-refractivity contribution in [1.82, 2.24) is 19.9 Å². The highest BCUT2D eigenvalue weighted by Gasteiger charge is 2.15. The third-order valence-electron chi connectivity index (χ3n) is 2.45. The van der Waals surface area contributed by atoms with E-state index in [1.807, 2.05) is 0 Å². The molecule has 0 aliphatic carbocycles. The monoisotopic (exact) mass is 301 g/mol. The number of nitrogens with two attached hydrogens (primary N) is 1. The first-order valence-corrected chi connectivity index (χ1v) is 8.04. The van der Waals surface area contributed by atoms with Crippen LogP contribution in [0.1, 0.15) is 17.1 Å². The molecule has 2 heterocycles. The van der Waals surface area contributed by atoms with E-state index in [1.165, 1.54) is 17.7 Å². The second-order valence-electron chi connectivity index (χ2n) is 3.86. The number of aromatic nitrogens is 3. The van der Waals surface area contributed by atoms with Crippen LogP contribution >= 0.6 is 11.3 Å². The van der Waals surface area contributed by atoms with Gasteiger partial charge in [-0.2, -0.15) is 5.10 Å². The zero-order valence-corrected chi connectivity index (χ0v) is 11.8. The molecular weight excluding hydrogens is 286 g/mol. The molecule has 0 unspecified atom stereocenters. The van der Waals surface area contributed by atoms with Crippen molar-refractivity contribution in [2.75, 3.05) is 6.54 Å². The third-order valence-corrected chi connectivity index (χ3v) is 5.51. The Balaban J connectivity index is 1.84. The fourth-order valence-corrected chi connectivity index (χ4v) is 3.85. The van der Waals surface area contributed by atoms with Crippen molar-refractivity contribution < 1.29 is 8.42 Å². The summed E-state index contributed by atoms with van der Waals surface area (Å²) in [5, 5.41) is 6.45. The molecule has 0 fully saturated rings. The number of aromatic amines is 1. The van der Waals surface area contributed by atoms with Gasteiger partial charge >= 0.3 is 0 Å². The Morgan fingerprint density at radius 1 is 1.42 bits per heavy atom. The van der Waals surface area contributed by atoms with Gasteiger partial charge in [0.1, 0.15) is 16.4 Å². The lowest BCUT2D eigenvalue weighted by Gasteiger charge is -2.03. The van der Waals surface area contributed by atoms with Crippen molar-refractivity contribution in [1.29, 1.82) is 0 Å². The maximum absolute atomic E-state index is 11.9. The SMILES string of the molecule is NCc1ccc(S(=O)(=O)NCCCc2ncn[nH]2)s1. The smallest absolute Gasteiger partial charge is 0.250 e. The van der Waals surface area contributed by atoms with Crippen molar-refractivity contribution in [3.63, 3.8) is 0 Å². The topological polar surface area (TPSA) is 114 Å². The number of nitrogens with one attached hydrogen (secondary N) is 2. The molecule has 0 atom stereocenters. The molecule has 0 saturated carbocycles. The summed E-state index contributed by atoms with van der Waals surface area (Å²) in [4.78, 5) is 4.82. The minimum atomic E-state index is -3.42. The largest absolute Gasteiger partial charge is 0.326 e. The average Bonchev–Trinajstić information content (AvgIpc) is 3.05. The summed E-state index contributed by atoms with van der Waals surface area (Å²) in [7, 11) is -3.42. The van der Waals surface area contributed by atoms with Crippen LogP contribution in [0.2, 0.25) is 0 Å². The van der Waals surface area contributed by atoms with Crippen LogP contribution in [0.3, 0.4) is 0 Å². The summed E-state index contributed by atoms with van der Waals surface area (Å²) >= 11 is 1.19. The highest BCUT2D eigenvalue weighted by molar-refractivity contribution is 7.91. The fraction of sp³-hybridized carbons (Fsp3) is 0.400. The number of hydrogen-bond acceptors (Lipinski definition) is 6. The van der Waals surface area contributed by atoms with Gasteiger partial charge in [0, 0.05) is 24.4 Å². The maximum atomic E-state index is 11.9. The van der Waals surface area contributed by atoms with Gasteiger partial charge in [-0.15, -0.1) is 11.3 Å². The minimum Gasteiger partial charge on any atom is -0.326 e. The van der Waals surface area contributed by atoms with Crippen LogP contribution in [-0.2, 0) is 23.0 Å². The van der Waals surface area contributed by atoms with Gasteiger partial charge in [-0.05, 0) is 18.6 Å². The zero-order valence-electron chi connectivity index (χ0n) is 10.2. The van der Waals surface area contributed by atoms with Gasteiger partial charge in [0.2, 0.25) is 10.0 Å². The lowest BCUT2D eigenvalue weighted by atomic mass is 10.3. The number of rotatable bonds is 7. The molecule has 0 amide bonds. The number of aryl methyl sites for hydroxylation is 1. The second kappa shape index (κ2) is 6.24. The van der Waals surface area contributed by atoms with Gasteiger partial charge in [-0.1, -0.05) is 0 Å². The van der Waals surface area contributed by atoms with E-state index >= 15 is 0 Å². The summed E-state index contributed by atoms with van der Waals surface area (Å²) < 4.78 is 26.7. The average molecular weight is 301 g/mol. The van der Waals surface area contributed by atoms with Gasteiger partial charge in [0.15, 0.2) is 0 Å². The first-order chi connectivity index (χ1) is 9.12. The molecule has 0 spiro atoms. The van der Waals surface area contributed by atoms with Crippen molar-refractivity contribution in [3.8, 4) is 0 Å². The van der Waals surface area contributed by atoms with Crippen LogP contribution in [0.5, 0.6) is 0 Å². The molecule has 4 N–H and O–H groups in total. The van der Waals surface area contributed by atoms with E-state index in [0.717, 1.165) is 10.7 Å². The molecule has 0 radical (unpaired) electrons. The van der Waals surface area contributed by atoms with Crippen molar-refractivity contribution in [3.05, 3.63) is 29.2 Å². The first kappa shape index (κ1) is 14.1. The van der Waals surface area contributed by atoms with E-state index in [-0.39, 0.29) is 0 Å². The predicted octanol–water partition coefficient (Wildman–Crippen LogP) is 0.236. The summed E-state index contributed by atoms with van der Waals surface area (Å²) in [5.74, 6) is 0.751. The fourth-order valence-electron chi connectivity index (χ4n) is 1.50. The highest BCUT2D eigenvalue weighted by atomic mass is 32.2. The Labute approximate surface area is 115 Å². The molecule has 9 heteroatoms. The van der Waals surface area contributed by atoms with Gasteiger partial charge < -0.3 is 5.73 Å². The van der Waals surface area contributed by atoms with Crippen LogP contribution < -0.4 is 10.5 Å². The molecule has 104 valence electrons. The van der Waals surface area contributed by atoms with Gasteiger partial charge in [0.05, 0.1) is 0 Å². The van der Waals surface area contributed by atoms with Crippen LogP contribution in [0.15, 0.2) is 22.7 Å². The highest BCUT2D eigenvalue weighted by Crippen LogP contribution is 2.20. The molecule has 0 bridgehead atoms. The Morgan fingerprint density at radius 2 is 2.26 bits per heavy atom. The number of H-pyrrole nitrogens is 1. The lowest BCUT2D eigenvalue weighted by molar-refractivity contribution is 0.580. The normalized spacial score (nSPS) is 11.8. The van der Waals surface area contributed by atoms with Crippen LogP contribution in [-0.4, -0.2) is 30.1 Å². The van der Waals surface area contributed by atoms with Crippen LogP contribution in [0, 0.1) is 0 Å². The van der Waals surface area contributed by atoms with Crippen molar-refractivity contribution >= 4 is 21.4 Å². The number of nitrogens with zero attached hydrogens (tertiary/aromatic N) is 2. The predicted molar refractivity (Wildman–Crippen MR) is 72.1 cm³/mol. The van der Waals surface area contributed by atoms with Crippen molar-refractivity contribution in [2.24, 2.45) is 5.73 Å². The second-order valence-corrected chi connectivity index (χ2v) is 7.02. The molecule has 7 nitrogen and oxygen atoms in total.